The number of carboxylic acids is 1. The van der Waals surface area contributed by atoms with Crippen LogP contribution in [-0.2, 0) is 14.6 Å². The highest BCUT2D eigenvalue weighted by Crippen LogP contribution is 2.30. The van der Waals surface area contributed by atoms with Crippen molar-refractivity contribution in [3.05, 3.63) is 71.7 Å². The average Bonchev–Trinajstić information content (AvgIpc) is 2.54. The molecule has 1 N–H and O–H groups in total. The van der Waals surface area contributed by atoms with Crippen LogP contribution in [0.5, 0.6) is 0 Å². The molecule has 0 amide bonds. The Morgan fingerprint density at radius 1 is 1.10 bits per heavy atom. The predicted molar refractivity (Wildman–Crippen MR) is 76.1 cm³/mol. The Balaban J connectivity index is 2.86. The second kappa shape index (κ2) is 5.88. The molecule has 0 aliphatic heterocycles. The Bertz CT molecular complexity index is 900. The van der Waals surface area contributed by atoms with Crippen LogP contribution in [0.4, 0.5) is 0 Å². The Morgan fingerprint density at radius 3 is 2.25 bits per heavy atom. The van der Waals surface area contributed by atoms with Gasteiger partial charge in [0, 0.05) is 0 Å². The van der Waals surface area contributed by atoms with Crippen molar-refractivity contribution in [2.24, 2.45) is 0 Å². The minimum atomic E-state index is -4.39. The van der Waals surface area contributed by atoms with E-state index in [1.807, 2.05) is 0 Å². The third-order valence-corrected chi connectivity index (χ3v) is 4.44. The molecule has 20 heavy (non-hydrogen) atoms. The van der Waals surface area contributed by atoms with E-state index in [9.17, 15) is 13.2 Å². The lowest BCUT2D eigenvalue weighted by Gasteiger charge is -2.17. The van der Waals surface area contributed by atoms with Gasteiger partial charge in [-0.15, -0.1) is 0 Å². The van der Waals surface area contributed by atoms with Gasteiger partial charge in [-0.05, 0) is 11.1 Å². The maximum absolute atomic E-state index is 12.6. The number of carboxylic acid groups (broad SMARTS) is 1. The first-order valence-electron chi connectivity index (χ1n) is 8.13. The van der Waals surface area contributed by atoms with Gasteiger partial charge >= 0.3 is 5.97 Å². The molecule has 0 heterocycles. The van der Waals surface area contributed by atoms with Gasteiger partial charge in [0.1, 0.15) is 11.0 Å². The number of hydrogen-bond acceptors (Lipinski definition) is 3. The SMILES string of the molecule is [2H]c1c([2H])c([2H])c(C(c2ccccc2)S(=O)(=O)CC(=O)O)c([2H])c1[2H]. The van der Waals surface area contributed by atoms with E-state index in [0.717, 1.165) is 0 Å². The molecule has 1 unspecified atom stereocenters. The molecule has 0 saturated carbocycles. The van der Waals surface area contributed by atoms with E-state index in [0.29, 0.717) is 0 Å². The largest absolute Gasteiger partial charge is 0.480 e. The van der Waals surface area contributed by atoms with Crippen LogP contribution in [0, 0.1) is 0 Å². The van der Waals surface area contributed by atoms with Crippen molar-refractivity contribution in [1.82, 2.24) is 0 Å². The minimum absolute atomic E-state index is 0.127. The van der Waals surface area contributed by atoms with Crippen molar-refractivity contribution in [2.75, 3.05) is 5.75 Å². The van der Waals surface area contributed by atoms with Gasteiger partial charge in [-0.1, -0.05) is 60.5 Å². The fourth-order valence-corrected chi connectivity index (χ4v) is 3.39. The van der Waals surface area contributed by atoms with Crippen molar-refractivity contribution in [3.8, 4) is 0 Å². The van der Waals surface area contributed by atoms with Gasteiger partial charge in [0.25, 0.3) is 0 Å². The second-order valence-corrected chi connectivity index (χ2v) is 6.12. The number of hydrogen-bond donors (Lipinski definition) is 1. The summed E-state index contributed by atoms with van der Waals surface area (Å²) in [5.41, 5.74) is -0.333. The van der Waals surface area contributed by atoms with Gasteiger partial charge in [-0.2, -0.15) is 0 Å². The maximum Gasteiger partial charge on any atom is 0.318 e. The molecule has 0 bridgehead atoms. The fourth-order valence-electron chi connectivity index (χ4n) is 1.83. The Labute approximate surface area is 124 Å². The number of rotatable bonds is 5. The summed E-state index contributed by atoms with van der Waals surface area (Å²) < 4.78 is 64.3. The van der Waals surface area contributed by atoms with Crippen LogP contribution in [0.15, 0.2) is 60.5 Å². The van der Waals surface area contributed by atoms with Gasteiger partial charge in [0.05, 0.1) is 6.85 Å². The molecule has 4 nitrogen and oxygen atoms in total. The van der Waals surface area contributed by atoms with Crippen LogP contribution in [0.1, 0.15) is 23.2 Å². The molecule has 0 radical (unpaired) electrons. The van der Waals surface area contributed by atoms with Gasteiger partial charge in [0.2, 0.25) is 0 Å². The molecule has 0 aromatic heterocycles. The molecule has 2 rings (SSSR count). The van der Waals surface area contributed by atoms with Crippen LogP contribution >= 0.6 is 0 Å². The summed E-state index contributed by atoms with van der Waals surface area (Å²) >= 11 is 0. The van der Waals surface area contributed by atoms with Crippen LogP contribution < -0.4 is 0 Å². The van der Waals surface area contributed by atoms with E-state index >= 15 is 0 Å². The summed E-state index contributed by atoms with van der Waals surface area (Å²) in [4.78, 5) is 11.0. The van der Waals surface area contributed by atoms with E-state index in [-0.39, 0.29) is 5.56 Å². The molecule has 104 valence electrons. The molecular formula is C15H14O4S. The molecule has 0 aliphatic carbocycles. The highest BCUT2D eigenvalue weighted by atomic mass is 32.2. The fraction of sp³-hybridized carbons (Fsp3) is 0.133. The molecule has 0 aliphatic rings. The summed E-state index contributed by atoms with van der Waals surface area (Å²) in [5.74, 6) is -2.82. The highest BCUT2D eigenvalue weighted by Gasteiger charge is 2.30. The standard InChI is InChI=1S/C15H14O4S/c16-14(17)11-20(18,19)15(12-7-3-1-4-8-12)13-9-5-2-6-10-13/h1-10,15H,11H2,(H,16,17)/i1D,3D,4D,7D,8D. The molecule has 2 aromatic carbocycles. The van der Waals surface area contributed by atoms with Crippen molar-refractivity contribution in [3.63, 3.8) is 0 Å². The molecular weight excluding hydrogens is 276 g/mol. The molecule has 2 aromatic rings. The molecule has 5 heteroatoms. The van der Waals surface area contributed by atoms with Crippen molar-refractivity contribution in [1.29, 1.82) is 0 Å². The lowest BCUT2D eigenvalue weighted by molar-refractivity contribution is -0.134. The summed E-state index contributed by atoms with van der Waals surface area (Å²) in [5, 5.41) is 7.22. The van der Waals surface area contributed by atoms with E-state index in [4.69, 9.17) is 12.0 Å². The summed E-state index contributed by atoms with van der Waals surface area (Å²) in [6.07, 6.45) is 0. The predicted octanol–water partition coefficient (Wildman–Crippen LogP) is 2.28. The van der Waals surface area contributed by atoms with Crippen molar-refractivity contribution >= 4 is 15.8 Å². The Hall–Kier alpha value is -2.14. The monoisotopic (exact) mass is 295 g/mol. The van der Waals surface area contributed by atoms with Crippen LogP contribution in [0.25, 0.3) is 0 Å². The zero-order chi connectivity index (χ0) is 18.9. The van der Waals surface area contributed by atoms with E-state index in [1.54, 1.807) is 6.07 Å². The molecule has 0 spiro atoms. The normalized spacial score (nSPS) is 16.3. The number of aliphatic carboxylic acids is 1. The first kappa shape index (κ1) is 8.92. The molecule has 0 fully saturated rings. The number of benzene rings is 2. The van der Waals surface area contributed by atoms with Gasteiger partial charge in [-0.3, -0.25) is 4.79 Å². The van der Waals surface area contributed by atoms with Gasteiger partial charge in [0.15, 0.2) is 9.84 Å². The second-order valence-electron chi connectivity index (χ2n) is 4.03. The Kier molecular flexibility index (Phi) is 2.62. The van der Waals surface area contributed by atoms with E-state index in [2.05, 4.69) is 0 Å². The van der Waals surface area contributed by atoms with E-state index in [1.165, 1.54) is 24.3 Å². The zero-order valence-electron chi connectivity index (χ0n) is 15.3. The third-order valence-electron chi connectivity index (χ3n) is 2.57. The summed E-state index contributed by atoms with van der Waals surface area (Å²) in [7, 11) is -4.39. The molecule has 0 saturated heterocycles. The summed E-state index contributed by atoms with van der Waals surface area (Å²) in [6.45, 7) is 0. The van der Waals surface area contributed by atoms with Crippen LogP contribution in [0.2, 0.25) is 0 Å². The quantitative estimate of drug-likeness (QED) is 0.918. The lowest BCUT2D eigenvalue weighted by Crippen LogP contribution is -2.23. The maximum atomic E-state index is 12.6. The van der Waals surface area contributed by atoms with Crippen molar-refractivity contribution < 1.29 is 25.2 Å². The number of sulfone groups is 1. The zero-order valence-corrected chi connectivity index (χ0v) is 11.1. The van der Waals surface area contributed by atoms with Crippen LogP contribution in [0.3, 0.4) is 0 Å². The average molecular weight is 295 g/mol. The first-order chi connectivity index (χ1) is 11.6. The van der Waals surface area contributed by atoms with Crippen LogP contribution in [-0.4, -0.2) is 25.2 Å². The van der Waals surface area contributed by atoms with Crippen molar-refractivity contribution in [2.45, 2.75) is 5.25 Å². The Morgan fingerprint density at radius 2 is 1.70 bits per heavy atom. The van der Waals surface area contributed by atoms with Gasteiger partial charge in [-0.25, -0.2) is 8.42 Å². The lowest BCUT2D eigenvalue weighted by atomic mass is 10.0. The third kappa shape index (κ3) is 3.24. The molecule has 1 atom stereocenters. The van der Waals surface area contributed by atoms with E-state index < -0.39 is 62.6 Å². The smallest absolute Gasteiger partial charge is 0.318 e. The van der Waals surface area contributed by atoms with Gasteiger partial charge < -0.3 is 5.11 Å². The first-order valence-corrected chi connectivity index (χ1v) is 7.34. The number of carbonyl (C=O) groups is 1. The minimum Gasteiger partial charge on any atom is -0.480 e. The topological polar surface area (TPSA) is 71.4 Å². The highest BCUT2D eigenvalue weighted by molar-refractivity contribution is 7.92. The summed E-state index contributed by atoms with van der Waals surface area (Å²) in [6, 6.07) is 4.12.